The molecular formula is C24H25FN6O. The average Bonchev–Trinajstić information content (AvgIpc) is 3.38. The highest BCUT2D eigenvalue weighted by Crippen LogP contribution is 2.23. The van der Waals surface area contributed by atoms with E-state index in [1.54, 1.807) is 19.2 Å². The molecule has 0 fully saturated rings. The monoisotopic (exact) mass is 432 g/mol. The number of nitrogens with two attached hydrogens (primary N) is 1. The van der Waals surface area contributed by atoms with Gasteiger partial charge in [0.25, 0.3) is 0 Å². The molecule has 0 aliphatic carbocycles. The Hall–Kier alpha value is -3.81. The second-order valence-electron chi connectivity index (χ2n) is 7.52. The summed E-state index contributed by atoms with van der Waals surface area (Å²) in [5.74, 6) is 1.18. The number of aromatic nitrogens is 4. The number of aliphatic imine (C=N–C) groups is 1. The molecule has 7 nitrogen and oxygen atoms in total. The van der Waals surface area contributed by atoms with Gasteiger partial charge in [-0.3, -0.25) is 4.79 Å². The van der Waals surface area contributed by atoms with Crippen LogP contribution in [0.3, 0.4) is 0 Å². The minimum atomic E-state index is -0.302. The third kappa shape index (κ3) is 4.30. The molecule has 1 amide bonds. The summed E-state index contributed by atoms with van der Waals surface area (Å²) < 4.78 is 17.8. The second-order valence-corrected chi connectivity index (χ2v) is 7.52. The summed E-state index contributed by atoms with van der Waals surface area (Å²) in [6.45, 7) is 5.10. The Morgan fingerprint density at radius 3 is 2.78 bits per heavy atom. The van der Waals surface area contributed by atoms with Crippen LogP contribution < -0.4 is 5.73 Å². The summed E-state index contributed by atoms with van der Waals surface area (Å²) in [4.78, 5) is 24.9. The topological polar surface area (TPSA) is 91.1 Å². The fraction of sp³-hybridized carbons (Fsp3) is 0.250. The van der Waals surface area contributed by atoms with Crippen LogP contribution in [0.2, 0.25) is 0 Å². The minimum Gasteiger partial charge on any atom is -0.383 e. The third-order valence-corrected chi connectivity index (χ3v) is 5.23. The first-order valence-electron chi connectivity index (χ1n) is 10.6. The lowest BCUT2D eigenvalue weighted by molar-refractivity contribution is -0.117. The smallest absolute Gasteiger partial charge is 0.247 e. The van der Waals surface area contributed by atoms with Crippen LogP contribution in [0.1, 0.15) is 38.1 Å². The van der Waals surface area contributed by atoms with Gasteiger partial charge in [-0.15, -0.1) is 0 Å². The highest BCUT2D eigenvalue weighted by molar-refractivity contribution is 6.05. The highest BCUT2D eigenvalue weighted by atomic mass is 19.1. The minimum absolute atomic E-state index is 0.201. The Morgan fingerprint density at radius 1 is 1.19 bits per heavy atom. The van der Waals surface area contributed by atoms with Crippen LogP contribution in [0.15, 0.2) is 59.9 Å². The van der Waals surface area contributed by atoms with Gasteiger partial charge >= 0.3 is 0 Å². The first-order chi connectivity index (χ1) is 15.5. The fourth-order valence-electron chi connectivity index (χ4n) is 3.68. The maximum Gasteiger partial charge on any atom is 0.247 e. The summed E-state index contributed by atoms with van der Waals surface area (Å²) in [6.07, 6.45) is 4.79. The van der Waals surface area contributed by atoms with Crippen LogP contribution in [-0.2, 0) is 17.9 Å². The maximum absolute atomic E-state index is 13.7. The quantitative estimate of drug-likeness (QED) is 0.351. The molecule has 0 spiro atoms. The van der Waals surface area contributed by atoms with Crippen molar-refractivity contribution < 1.29 is 9.18 Å². The van der Waals surface area contributed by atoms with Gasteiger partial charge in [-0.05, 0) is 36.8 Å². The molecule has 0 atom stereocenters. The molecule has 32 heavy (non-hydrogen) atoms. The molecule has 0 radical (unpaired) electrons. The maximum atomic E-state index is 13.7. The molecule has 2 aromatic carbocycles. The normalized spacial score (nSPS) is 11.9. The van der Waals surface area contributed by atoms with E-state index in [1.807, 2.05) is 35.0 Å². The van der Waals surface area contributed by atoms with Crippen molar-refractivity contribution in [3.63, 3.8) is 0 Å². The molecule has 2 heterocycles. The van der Waals surface area contributed by atoms with Gasteiger partial charge in [-0.25, -0.2) is 14.4 Å². The third-order valence-electron chi connectivity index (χ3n) is 5.23. The van der Waals surface area contributed by atoms with Crippen molar-refractivity contribution in [2.45, 2.75) is 39.8 Å². The van der Waals surface area contributed by atoms with Gasteiger partial charge < -0.3 is 14.9 Å². The fourth-order valence-corrected chi connectivity index (χ4v) is 3.68. The van der Waals surface area contributed by atoms with Gasteiger partial charge in [-0.2, -0.15) is 4.99 Å². The number of hydrogen-bond acceptors (Lipinski definition) is 3. The van der Waals surface area contributed by atoms with Crippen LogP contribution in [-0.4, -0.2) is 30.8 Å². The standard InChI is InChI=1S/C24H25FN6O/c1-3-11-31-20-14-16(23(26)29-22(32)4-2)8-9-19(20)28-21(31)15-30-12-10-27-24(30)17-6-5-7-18(25)13-17/h5-10,12-14H,3-4,11,15H2,1-2H3,(H2,26,29,32). The molecule has 0 saturated heterocycles. The molecule has 4 aromatic rings. The molecule has 0 unspecified atom stereocenters. The number of nitrogens with zero attached hydrogens (tertiary/aromatic N) is 5. The van der Waals surface area contributed by atoms with E-state index < -0.39 is 0 Å². The SMILES string of the molecule is CCCn1c(Cn2ccnc2-c2cccc(F)c2)nc2ccc(C(N)=NC(=O)CC)cc21. The predicted octanol–water partition coefficient (Wildman–Crippen LogP) is 4.14. The zero-order valence-corrected chi connectivity index (χ0v) is 18.1. The number of benzene rings is 2. The van der Waals surface area contributed by atoms with Crippen molar-refractivity contribution in [2.75, 3.05) is 0 Å². The molecule has 2 N–H and O–H groups in total. The number of carbonyl (C=O) groups is 1. The number of hydrogen-bond donors (Lipinski definition) is 1. The first kappa shape index (κ1) is 21.4. The van der Waals surface area contributed by atoms with Gasteiger partial charge in [0, 0.05) is 36.5 Å². The lowest BCUT2D eigenvalue weighted by atomic mass is 10.2. The van der Waals surface area contributed by atoms with Gasteiger partial charge in [-0.1, -0.05) is 26.0 Å². The zero-order valence-electron chi connectivity index (χ0n) is 18.1. The van der Waals surface area contributed by atoms with Crippen molar-refractivity contribution in [2.24, 2.45) is 10.7 Å². The zero-order chi connectivity index (χ0) is 22.7. The van der Waals surface area contributed by atoms with Crippen LogP contribution in [0.25, 0.3) is 22.4 Å². The van der Waals surface area contributed by atoms with E-state index in [0.717, 1.165) is 29.8 Å². The van der Waals surface area contributed by atoms with Crippen LogP contribution in [0.4, 0.5) is 4.39 Å². The van der Waals surface area contributed by atoms with Crippen molar-refractivity contribution in [1.29, 1.82) is 0 Å². The molecule has 2 aromatic heterocycles. The van der Waals surface area contributed by atoms with Crippen LogP contribution >= 0.6 is 0 Å². The van der Waals surface area contributed by atoms with Gasteiger partial charge in [0.1, 0.15) is 23.3 Å². The molecule has 0 aliphatic heterocycles. The summed E-state index contributed by atoms with van der Waals surface area (Å²) >= 11 is 0. The van der Waals surface area contributed by atoms with E-state index >= 15 is 0 Å². The summed E-state index contributed by atoms with van der Waals surface area (Å²) in [5, 5.41) is 0. The van der Waals surface area contributed by atoms with E-state index in [2.05, 4.69) is 21.5 Å². The molecule has 8 heteroatoms. The number of rotatable bonds is 7. The van der Waals surface area contributed by atoms with Gasteiger partial charge in [0.2, 0.25) is 5.91 Å². The van der Waals surface area contributed by atoms with Crippen molar-refractivity contribution in [3.8, 4) is 11.4 Å². The number of aryl methyl sites for hydroxylation is 1. The number of imidazole rings is 2. The predicted molar refractivity (Wildman–Crippen MR) is 123 cm³/mol. The van der Waals surface area contributed by atoms with E-state index in [-0.39, 0.29) is 17.6 Å². The Labute approximate surface area is 185 Å². The summed E-state index contributed by atoms with van der Waals surface area (Å²) in [5.41, 5.74) is 9.21. The van der Waals surface area contributed by atoms with E-state index in [1.165, 1.54) is 12.1 Å². The first-order valence-corrected chi connectivity index (χ1v) is 10.6. The lowest BCUT2D eigenvalue weighted by Crippen LogP contribution is -2.15. The molecule has 4 rings (SSSR count). The van der Waals surface area contributed by atoms with Crippen molar-refractivity contribution >= 4 is 22.8 Å². The molecular weight excluding hydrogens is 407 g/mol. The average molecular weight is 433 g/mol. The van der Waals surface area contributed by atoms with E-state index in [0.29, 0.717) is 29.9 Å². The van der Waals surface area contributed by atoms with E-state index in [9.17, 15) is 9.18 Å². The number of amidine groups is 1. The Balaban J connectivity index is 1.74. The Kier molecular flexibility index (Phi) is 6.11. The largest absolute Gasteiger partial charge is 0.383 e. The number of amides is 1. The summed E-state index contributed by atoms with van der Waals surface area (Å²) in [7, 11) is 0. The van der Waals surface area contributed by atoms with Crippen molar-refractivity contribution in [1.82, 2.24) is 19.1 Å². The van der Waals surface area contributed by atoms with Crippen LogP contribution in [0, 0.1) is 5.82 Å². The molecule has 0 saturated carbocycles. The number of carbonyl (C=O) groups excluding carboxylic acids is 1. The van der Waals surface area contributed by atoms with Crippen LogP contribution in [0.5, 0.6) is 0 Å². The molecule has 0 bridgehead atoms. The number of fused-ring (bicyclic) bond motifs is 1. The Morgan fingerprint density at radius 2 is 2.03 bits per heavy atom. The van der Waals surface area contributed by atoms with Crippen molar-refractivity contribution in [3.05, 3.63) is 72.1 Å². The Bertz CT molecular complexity index is 1300. The van der Waals surface area contributed by atoms with Gasteiger partial charge in [0.15, 0.2) is 0 Å². The second kappa shape index (κ2) is 9.13. The van der Waals surface area contributed by atoms with E-state index in [4.69, 9.17) is 10.7 Å². The summed E-state index contributed by atoms with van der Waals surface area (Å²) in [6, 6.07) is 12.0. The number of halogens is 1. The highest BCUT2D eigenvalue weighted by Gasteiger charge is 2.15. The molecule has 0 aliphatic rings. The molecule has 164 valence electrons. The lowest BCUT2D eigenvalue weighted by Gasteiger charge is -2.11. The van der Waals surface area contributed by atoms with Gasteiger partial charge in [0.05, 0.1) is 17.6 Å².